The molecule has 0 fully saturated rings. The molecule has 2 rings (SSSR count). The predicted octanol–water partition coefficient (Wildman–Crippen LogP) is 3.12. The zero-order valence-corrected chi connectivity index (χ0v) is 11.8. The van der Waals surface area contributed by atoms with Gasteiger partial charge in [-0.3, -0.25) is 10.1 Å². The van der Waals surface area contributed by atoms with Crippen LogP contribution in [0.5, 0.6) is 0 Å². The van der Waals surface area contributed by atoms with Gasteiger partial charge in [-0.1, -0.05) is 18.3 Å². The molecule has 2 aromatic rings. The molecule has 0 unspecified atom stereocenters. The Labute approximate surface area is 113 Å². The molecule has 6 heteroatoms. The Morgan fingerprint density at radius 1 is 1.50 bits per heavy atom. The lowest BCUT2D eigenvalue weighted by molar-refractivity contribution is -0.111. The molecule has 0 saturated carbocycles. The zero-order valence-electron chi connectivity index (χ0n) is 10.1. The first-order valence-electron chi connectivity index (χ1n) is 5.54. The summed E-state index contributed by atoms with van der Waals surface area (Å²) in [4.78, 5) is 12.8. The average Bonchev–Trinajstić information content (AvgIpc) is 2.96. The molecule has 0 spiro atoms. The van der Waals surface area contributed by atoms with E-state index in [9.17, 15) is 4.79 Å². The summed E-state index contributed by atoms with van der Waals surface area (Å²) in [6.45, 7) is 4.03. The van der Waals surface area contributed by atoms with E-state index in [0.29, 0.717) is 5.13 Å². The van der Waals surface area contributed by atoms with Gasteiger partial charge in [0.05, 0.1) is 0 Å². The minimum atomic E-state index is -0.179. The lowest BCUT2D eigenvalue weighted by Crippen LogP contribution is -2.07. The second kappa shape index (κ2) is 5.88. The molecule has 0 aliphatic rings. The van der Waals surface area contributed by atoms with Crippen LogP contribution in [0.3, 0.4) is 0 Å². The van der Waals surface area contributed by atoms with Gasteiger partial charge in [-0.25, -0.2) is 0 Å². The van der Waals surface area contributed by atoms with Crippen molar-refractivity contribution in [1.29, 1.82) is 0 Å². The van der Waals surface area contributed by atoms with Gasteiger partial charge in [0.1, 0.15) is 5.01 Å². The maximum Gasteiger partial charge on any atom is 0.250 e. The van der Waals surface area contributed by atoms with Crippen LogP contribution in [0.2, 0.25) is 0 Å². The van der Waals surface area contributed by atoms with Gasteiger partial charge in [0.25, 0.3) is 0 Å². The molecule has 0 bridgehead atoms. The van der Waals surface area contributed by atoms with Crippen LogP contribution in [0.4, 0.5) is 5.13 Å². The molecular weight excluding hydrogens is 266 g/mol. The number of thiophene rings is 1. The third-order valence-corrected chi connectivity index (χ3v) is 4.25. The maximum absolute atomic E-state index is 11.7. The lowest BCUT2D eigenvalue weighted by atomic mass is 10.3. The molecule has 0 aliphatic carbocycles. The van der Waals surface area contributed by atoms with E-state index in [2.05, 4.69) is 15.5 Å². The molecule has 2 heterocycles. The molecule has 94 valence electrons. The summed E-state index contributed by atoms with van der Waals surface area (Å²) in [6, 6.07) is 2.03. The van der Waals surface area contributed by atoms with E-state index in [1.54, 1.807) is 11.3 Å². The summed E-state index contributed by atoms with van der Waals surface area (Å²) < 4.78 is 0. The van der Waals surface area contributed by atoms with Gasteiger partial charge >= 0.3 is 0 Å². The van der Waals surface area contributed by atoms with Gasteiger partial charge in [0, 0.05) is 11.0 Å². The van der Waals surface area contributed by atoms with Crippen molar-refractivity contribution in [2.45, 2.75) is 20.3 Å². The quantitative estimate of drug-likeness (QED) is 0.875. The van der Waals surface area contributed by atoms with Gasteiger partial charge in [0.15, 0.2) is 0 Å². The number of carbonyl (C=O) groups excluding carboxylic acids is 1. The third-order valence-electron chi connectivity index (χ3n) is 2.29. The van der Waals surface area contributed by atoms with Crippen LogP contribution in [0.25, 0.3) is 6.08 Å². The van der Waals surface area contributed by atoms with Gasteiger partial charge in [-0.2, -0.15) is 0 Å². The molecule has 1 amide bonds. The Morgan fingerprint density at radius 2 is 2.33 bits per heavy atom. The number of aromatic nitrogens is 2. The number of anilines is 1. The first-order valence-corrected chi connectivity index (χ1v) is 7.24. The minimum Gasteiger partial charge on any atom is -0.297 e. The predicted molar refractivity (Wildman–Crippen MR) is 76.0 cm³/mol. The second-order valence-corrected chi connectivity index (χ2v) is 5.65. The van der Waals surface area contributed by atoms with Gasteiger partial charge in [0.2, 0.25) is 11.0 Å². The van der Waals surface area contributed by atoms with Crippen molar-refractivity contribution in [2.75, 3.05) is 5.32 Å². The van der Waals surface area contributed by atoms with Crippen molar-refractivity contribution in [3.05, 3.63) is 33.0 Å². The van der Waals surface area contributed by atoms with Crippen molar-refractivity contribution < 1.29 is 4.79 Å². The van der Waals surface area contributed by atoms with Crippen LogP contribution in [0.1, 0.15) is 22.4 Å². The summed E-state index contributed by atoms with van der Waals surface area (Å²) in [5.41, 5.74) is 1.17. The number of amides is 1. The fraction of sp³-hybridized carbons (Fsp3) is 0.250. The minimum absolute atomic E-state index is 0.179. The smallest absolute Gasteiger partial charge is 0.250 e. The van der Waals surface area contributed by atoms with Gasteiger partial charge < -0.3 is 0 Å². The molecule has 0 radical (unpaired) electrons. The van der Waals surface area contributed by atoms with E-state index in [-0.39, 0.29) is 5.91 Å². The monoisotopic (exact) mass is 279 g/mol. The number of hydrogen-bond donors (Lipinski definition) is 1. The number of aryl methyl sites for hydroxylation is 2. The molecule has 0 aromatic carbocycles. The van der Waals surface area contributed by atoms with Crippen LogP contribution in [-0.2, 0) is 11.2 Å². The van der Waals surface area contributed by atoms with Crippen LogP contribution < -0.4 is 5.32 Å². The van der Waals surface area contributed by atoms with Gasteiger partial charge in [-0.15, -0.1) is 21.5 Å². The second-order valence-electron chi connectivity index (χ2n) is 3.64. The van der Waals surface area contributed by atoms with E-state index in [1.807, 2.05) is 31.4 Å². The molecule has 18 heavy (non-hydrogen) atoms. The Bertz CT molecular complexity index is 571. The first kappa shape index (κ1) is 12.9. The third kappa shape index (κ3) is 3.24. The summed E-state index contributed by atoms with van der Waals surface area (Å²) in [7, 11) is 0. The van der Waals surface area contributed by atoms with E-state index >= 15 is 0 Å². The lowest BCUT2D eigenvalue weighted by Gasteiger charge is -1.94. The number of carbonyl (C=O) groups is 1. The highest BCUT2D eigenvalue weighted by Crippen LogP contribution is 2.18. The van der Waals surface area contributed by atoms with Crippen molar-refractivity contribution in [2.24, 2.45) is 0 Å². The molecule has 0 saturated heterocycles. The molecule has 0 atom stereocenters. The van der Waals surface area contributed by atoms with Crippen molar-refractivity contribution >= 4 is 39.8 Å². The summed E-state index contributed by atoms with van der Waals surface area (Å²) in [6.07, 6.45) is 4.17. The number of nitrogens with zero attached hydrogens (tertiary/aromatic N) is 2. The Kier molecular flexibility index (Phi) is 4.22. The highest BCUT2D eigenvalue weighted by atomic mass is 32.1. The molecule has 2 aromatic heterocycles. The van der Waals surface area contributed by atoms with E-state index in [1.165, 1.54) is 23.0 Å². The van der Waals surface area contributed by atoms with E-state index in [4.69, 9.17) is 0 Å². The van der Waals surface area contributed by atoms with E-state index < -0.39 is 0 Å². The fourth-order valence-electron chi connectivity index (χ4n) is 1.30. The summed E-state index contributed by atoms with van der Waals surface area (Å²) in [5.74, 6) is -0.179. The topological polar surface area (TPSA) is 54.9 Å². The van der Waals surface area contributed by atoms with Crippen LogP contribution in [0, 0.1) is 6.92 Å². The highest BCUT2D eigenvalue weighted by molar-refractivity contribution is 7.15. The zero-order chi connectivity index (χ0) is 13.0. The normalized spacial score (nSPS) is 11.0. The number of nitrogens with one attached hydrogen (secondary N) is 1. The van der Waals surface area contributed by atoms with Crippen LogP contribution in [-0.4, -0.2) is 16.1 Å². The van der Waals surface area contributed by atoms with Crippen molar-refractivity contribution in [3.8, 4) is 0 Å². The van der Waals surface area contributed by atoms with Crippen molar-refractivity contribution in [3.63, 3.8) is 0 Å². The van der Waals surface area contributed by atoms with Crippen molar-refractivity contribution in [1.82, 2.24) is 10.2 Å². The number of hydrogen-bond acceptors (Lipinski definition) is 5. The van der Waals surface area contributed by atoms with E-state index in [0.717, 1.165) is 16.3 Å². The Hall–Kier alpha value is -1.53. The van der Waals surface area contributed by atoms with Crippen LogP contribution >= 0.6 is 22.7 Å². The Morgan fingerprint density at radius 3 is 2.94 bits per heavy atom. The first-order chi connectivity index (χ1) is 8.69. The molecule has 1 N–H and O–H groups in total. The molecule has 4 nitrogen and oxygen atoms in total. The molecule has 0 aliphatic heterocycles. The Balaban J connectivity index is 1.96. The summed E-state index contributed by atoms with van der Waals surface area (Å²) in [5, 5.41) is 14.0. The summed E-state index contributed by atoms with van der Waals surface area (Å²) >= 11 is 3.02. The van der Waals surface area contributed by atoms with Gasteiger partial charge in [-0.05, 0) is 36.4 Å². The standard InChI is InChI=1S/C12H13N3OS2/c1-3-11-14-15-12(18-11)13-10(16)5-4-9-8(2)6-7-17-9/h4-7H,3H2,1-2H3,(H,13,15,16)/b5-4+. The van der Waals surface area contributed by atoms with Crippen LogP contribution in [0.15, 0.2) is 17.5 Å². The largest absolute Gasteiger partial charge is 0.297 e. The maximum atomic E-state index is 11.7. The fourth-order valence-corrected chi connectivity index (χ4v) is 2.80. The highest BCUT2D eigenvalue weighted by Gasteiger charge is 2.04. The molecular formula is C12H13N3OS2. The number of rotatable bonds is 4. The SMILES string of the molecule is CCc1nnc(NC(=O)/C=C/c2sccc2C)s1. The average molecular weight is 279 g/mol.